The average molecular weight is 520 g/mol. The van der Waals surface area contributed by atoms with Gasteiger partial charge in [-0.2, -0.15) is 9.30 Å². The second kappa shape index (κ2) is 10.4. The molecular weight excluding hydrogens is 493 g/mol. The number of aromatic nitrogens is 1. The molecule has 1 aromatic heterocycles. The number of ether oxygens (including phenoxy) is 1. The number of rotatable bonds is 6. The predicted molar refractivity (Wildman–Crippen MR) is 130 cm³/mol. The number of aryl methyl sites for hydroxylation is 1. The topological polar surface area (TPSA) is 98.0 Å². The molecule has 0 saturated carbocycles. The van der Waals surface area contributed by atoms with E-state index in [9.17, 15) is 22.4 Å². The minimum absolute atomic E-state index is 0.180. The van der Waals surface area contributed by atoms with Gasteiger partial charge in [0.25, 0.3) is 5.91 Å². The molecule has 35 heavy (non-hydrogen) atoms. The first-order chi connectivity index (χ1) is 16.7. The lowest BCUT2D eigenvalue weighted by Gasteiger charge is -2.29. The fourth-order valence-corrected chi connectivity index (χ4v) is 6.56. The summed E-state index contributed by atoms with van der Waals surface area (Å²) in [6.07, 6.45) is 0.648. The first kappa shape index (κ1) is 25.2. The van der Waals surface area contributed by atoms with E-state index in [2.05, 4.69) is 4.99 Å². The molecule has 1 aliphatic heterocycles. The summed E-state index contributed by atoms with van der Waals surface area (Å²) in [5, 5.41) is 0. The van der Waals surface area contributed by atoms with Gasteiger partial charge in [-0.25, -0.2) is 12.8 Å². The van der Waals surface area contributed by atoms with Gasteiger partial charge in [-0.1, -0.05) is 35.1 Å². The van der Waals surface area contributed by atoms with E-state index in [1.54, 1.807) is 43.3 Å². The van der Waals surface area contributed by atoms with Gasteiger partial charge < -0.3 is 9.30 Å². The third-order valence-corrected chi connectivity index (χ3v) is 8.87. The van der Waals surface area contributed by atoms with Crippen molar-refractivity contribution in [1.82, 2.24) is 8.87 Å². The van der Waals surface area contributed by atoms with Crippen LogP contribution in [0, 0.1) is 18.7 Å². The molecule has 11 heteroatoms. The summed E-state index contributed by atoms with van der Waals surface area (Å²) >= 11 is 1.12. The highest BCUT2D eigenvalue weighted by Gasteiger charge is 2.32. The van der Waals surface area contributed by atoms with E-state index in [-0.39, 0.29) is 41.5 Å². The Hall–Kier alpha value is -2.89. The molecule has 2 heterocycles. The quantitative estimate of drug-likeness (QED) is 0.466. The van der Waals surface area contributed by atoms with Gasteiger partial charge >= 0.3 is 5.97 Å². The lowest BCUT2D eigenvalue weighted by molar-refractivity contribution is -0.143. The van der Waals surface area contributed by atoms with Crippen LogP contribution in [-0.4, -0.2) is 48.9 Å². The van der Waals surface area contributed by atoms with Gasteiger partial charge in [-0.15, -0.1) is 0 Å². The van der Waals surface area contributed by atoms with Crippen molar-refractivity contribution in [2.45, 2.75) is 38.1 Å². The van der Waals surface area contributed by atoms with Gasteiger partial charge in [0.05, 0.1) is 21.7 Å². The number of sulfonamides is 1. The normalized spacial score (nSPS) is 16.0. The molecule has 0 bridgehead atoms. The molecule has 0 N–H and O–H groups in total. The number of carbonyl (C=O) groups excluding carboxylic acids is 2. The van der Waals surface area contributed by atoms with Crippen LogP contribution in [0.3, 0.4) is 0 Å². The van der Waals surface area contributed by atoms with Crippen LogP contribution in [0.15, 0.2) is 52.4 Å². The molecule has 3 aromatic rings. The number of piperidine rings is 1. The molecule has 1 amide bonds. The summed E-state index contributed by atoms with van der Waals surface area (Å²) in [6, 6.07) is 11.2. The highest BCUT2D eigenvalue weighted by molar-refractivity contribution is 7.89. The molecule has 186 valence electrons. The molecule has 4 rings (SSSR count). The zero-order valence-electron chi connectivity index (χ0n) is 19.4. The molecule has 0 spiro atoms. The first-order valence-electron chi connectivity index (χ1n) is 11.3. The van der Waals surface area contributed by atoms with Crippen molar-refractivity contribution in [3.63, 3.8) is 0 Å². The molecular formula is C24H26FN3O5S2. The molecule has 1 aliphatic rings. The number of thiazole rings is 1. The Balaban J connectivity index is 1.55. The maximum atomic E-state index is 14.5. The van der Waals surface area contributed by atoms with Crippen LogP contribution in [0.5, 0.6) is 0 Å². The second-order valence-electron chi connectivity index (χ2n) is 8.30. The van der Waals surface area contributed by atoms with Crippen LogP contribution < -0.4 is 4.80 Å². The van der Waals surface area contributed by atoms with Gasteiger partial charge in [-0.3, -0.25) is 9.59 Å². The van der Waals surface area contributed by atoms with Gasteiger partial charge in [-0.05, 0) is 51.0 Å². The van der Waals surface area contributed by atoms with E-state index in [0.717, 1.165) is 16.9 Å². The Morgan fingerprint density at radius 1 is 1.14 bits per heavy atom. The first-order valence-corrected chi connectivity index (χ1v) is 13.5. The van der Waals surface area contributed by atoms with Crippen LogP contribution in [0.2, 0.25) is 0 Å². The molecule has 2 aromatic carbocycles. The van der Waals surface area contributed by atoms with E-state index in [4.69, 9.17) is 4.74 Å². The van der Waals surface area contributed by atoms with Crippen molar-refractivity contribution in [3.05, 3.63) is 58.6 Å². The number of halogens is 1. The van der Waals surface area contributed by atoms with E-state index in [1.165, 1.54) is 14.9 Å². The van der Waals surface area contributed by atoms with Gasteiger partial charge in [0, 0.05) is 19.0 Å². The largest absolute Gasteiger partial charge is 0.465 e. The Morgan fingerprint density at radius 3 is 2.49 bits per heavy atom. The van der Waals surface area contributed by atoms with Gasteiger partial charge in [0.15, 0.2) is 4.80 Å². The maximum absolute atomic E-state index is 14.5. The standard InChI is InChI=1S/C24H26FN3O5S2/c1-3-33-21(29)15-28-22-19(25)5-4-6-20(22)34-24(28)26-23(30)17-11-13-27(14-12-17)35(31,32)18-9-7-16(2)8-10-18/h4-10,17H,3,11-15H2,1-2H3. The van der Waals surface area contributed by atoms with Crippen molar-refractivity contribution in [1.29, 1.82) is 0 Å². The van der Waals surface area contributed by atoms with Crippen LogP contribution in [0.4, 0.5) is 4.39 Å². The molecule has 0 radical (unpaired) electrons. The van der Waals surface area contributed by atoms with E-state index in [1.807, 2.05) is 6.92 Å². The smallest absolute Gasteiger partial charge is 0.326 e. The highest BCUT2D eigenvalue weighted by atomic mass is 32.2. The summed E-state index contributed by atoms with van der Waals surface area (Å²) < 4.78 is 48.7. The number of para-hydroxylation sites is 1. The van der Waals surface area contributed by atoms with Gasteiger partial charge in [0.1, 0.15) is 12.4 Å². The summed E-state index contributed by atoms with van der Waals surface area (Å²) in [4.78, 5) is 29.8. The Labute approximate surface area is 206 Å². The van der Waals surface area contributed by atoms with Crippen molar-refractivity contribution in [2.75, 3.05) is 19.7 Å². The zero-order chi connectivity index (χ0) is 25.2. The lowest BCUT2D eigenvalue weighted by Crippen LogP contribution is -2.40. The van der Waals surface area contributed by atoms with Crippen molar-refractivity contribution >= 4 is 43.5 Å². The number of nitrogens with zero attached hydrogens (tertiary/aromatic N) is 3. The number of hydrogen-bond acceptors (Lipinski definition) is 6. The van der Waals surface area contributed by atoms with Crippen molar-refractivity contribution in [2.24, 2.45) is 10.9 Å². The number of benzene rings is 2. The molecule has 8 nitrogen and oxygen atoms in total. The Kier molecular flexibility index (Phi) is 7.48. The van der Waals surface area contributed by atoms with E-state index in [0.29, 0.717) is 17.5 Å². The molecule has 0 atom stereocenters. The molecule has 0 unspecified atom stereocenters. The average Bonchev–Trinajstić information content (AvgIpc) is 3.17. The Bertz CT molecular complexity index is 1420. The summed E-state index contributed by atoms with van der Waals surface area (Å²) in [7, 11) is -3.64. The van der Waals surface area contributed by atoms with Gasteiger partial charge in [0.2, 0.25) is 10.0 Å². The number of hydrogen-bond donors (Lipinski definition) is 0. The number of amides is 1. The fourth-order valence-electron chi connectivity index (χ4n) is 4.04. The van der Waals surface area contributed by atoms with Crippen LogP contribution in [-0.2, 0) is 30.9 Å². The lowest BCUT2D eigenvalue weighted by atomic mass is 9.98. The number of fused-ring (bicyclic) bond motifs is 1. The van der Waals surface area contributed by atoms with E-state index >= 15 is 0 Å². The maximum Gasteiger partial charge on any atom is 0.326 e. The predicted octanol–water partition coefficient (Wildman–Crippen LogP) is 3.24. The number of carbonyl (C=O) groups is 2. The summed E-state index contributed by atoms with van der Waals surface area (Å²) in [6.45, 7) is 3.87. The third-order valence-electron chi connectivity index (χ3n) is 5.91. The van der Waals surface area contributed by atoms with Crippen LogP contribution in [0.25, 0.3) is 10.2 Å². The van der Waals surface area contributed by atoms with Crippen LogP contribution in [0.1, 0.15) is 25.3 Å². The zero-order valence-corrected chi connectivity index (χ0v) is 21.1. The third kappa shape index (κ3) is 5.36. The summed E-state index contributed by atoms with van der Waals surface area (Å²) in [5.41, 5.74) is 1.16. The molecule has 0 aliphatic carbocycles. The molecule has 1 fully saturated rings. The Morgan fingerprint density at radius 2 is 1.83 bits per heavy atom. The highest BCUT2D eigenvalue weighted by Crippen LogP contribution is 2.25. The minimum atomic E-state index is -3.64. The SMILES string of the molecule is CCOC(=O)Cn1c(=NC(=O)C2CCN(S(=O)(=O)c3ccc(C)cc3)CC2)sc2cccc(F)c21. The van der Waals surface area contributed by atoms with Crippen molar-refractivity contribution < 1.29 is 27.1 Å². The van der Waals surface area contributed by atoms with E-state index < -0.39 is 33.6 Å². The second-order valence-corrected chi connectivity index (χ2v) is 11.3. The monoisotopic (exact) mass is 519 g/mol. The van der Waals surface area contributed by atoms with Crippen molar-refractivity contribution in [3.8, 4) is 0 Å². The molecule has 1 saturated heterocycles. The number of esters is 1. The fraction of sp³-hybridized carbons (Fsp3) is 0.375. The van der Waals surface area contributed by atoms with Crippen LogP contribution >= 0.6 is 11.3 Å². The minimum Gasteiger partial charge on any atom is -0.465 e. The summed E-state index contributed by atoms with van der Waals surface area (Å²) in [5.74, 6) is -1.96.